The number of nitrogens with one attached hydrogen (secondary N) is 1. The van der Waals surface area contributed by atoms with Gasteiger partial charge in [-0.25, -0.2) is 4.98 Å². The lowest BCUT2D eigenvalue weighted by atomic mass is 9.95. The van der Waals surface area contributed by atoms with Crippen LogP contribution in [0.4, 0.5) is 0 Å². The molecule has 0 aromatic carbocycles. The average molecular weight is 267 g/mol. The van der Waals surface area contributed by atoms with Gasteiger partial charge in [-0.2, -0.15) is 0 Å². The van der Waals surface area contributed by atoms with E-state index in [2.05, 4.69) is 21.8 Å². The first-order valence-electron chi connectivity index (χ1n) is 6.96. The third kappa shape index (κ3) is 4.35. The van der Waals surface area contributed by atoms with Gasteiger partial charge in [0.25, 0.3) is 0 Å². The first-order valence-corrected chi connectivity index (χ1v) is 6.96. The predicted octanol–water partition coefficient (Wildman–Crippen LogP) is 2.07. The van der Waals surface area contributed by atoms with Crippen molar-refractivity contribution in [1.29, 1.82) is 0 Å². The molecule has 0 spiro atoms. The SMILES string of the molecule is CCCc1nccn1CCCCC(C)(NC)C(=O)O. The number of carboxylic acid groups (broad SMARTS) is 1. The molecule has 0 amide bonds. The molecule has 19 heavy (non-hydrogen) atoms. The summed E-state index contributed by atoms with van der Waals surface area (Å²) in [5, 5.41) is 12.0. The van der Waals surface area contributed by atoms with Crippen LogP contribution in [0.25, 0.3) is 0 Å². The number of carboxylic acids is 1. The van der Waals surface area contributed by atoms with Gasteiger partial charge in [-0.1, -0.05) is 6.92 Å². The van der Waals surface area contributed by atoms with Gasteiger partial charge in [0.2, 0.25) is 0 Å². The average Bonchev–Trinajstić information content (AvgIpc) is 2.82. The molecule has 0 bridgehead atoms. The van der Waals surface area contributed by atoms with Gasteiger partial charge < -0.3 is 15.0 Å². The largest absolute Gasteiger partial charge is 0.480 e. The standard InChI is InChI=1S/C14H25N3O2/c1-4-7-12-16-9-11-17(12)10-6-5-8-14(2,15-3)13(18)19/h9,11,15H,4-8,10H2,1-3H3,(H,18,19). The van der Waals surface area contributed by atoms with Crippen molar-refractivity contribution in [1.82, 2.24) is 14.9 Å². The molecule has 5 heteroatoms. The Morgan fingerprint density at radius 2 is 2.26 bits per heavy atom. The molecule has 0 aliphatic carbocycles. The van der Waals surface area contributed by atoms with Crippen molar-refractivity contribution in [2.24, 2.45) is 0 Å². The van der Waals surface area contributed by atoms with Crippen LogP contribution in [-0.4, -0.2) is 33.2 Å². The van der Waals surface area contributed by atoms with Crippen LogP contribution in [-0.2, 0) is 17.8 Å². The quantitative estimate of drug-likeness (QED) is 0.672. The fourth-order valence-corrected chi connectivity index (χ4v) is 2.09. The van der Waals surface area contributed by atoms with E-state index >= 15 is 0 Å². The number of carbonyl (C=O) groups is 1. The van der Waals surface area contributed by atoms with E-state index in [1.807, 2.05) is 12.4 Å². The minimum absolute atomic E-state index is 0.636. The highest BCUT2D eigenvalue weighted by atomic mass is 16.4. The first kappa shape index (κ1) is 15.7. The molecular weight excluding hydrogens is 242 g/mol. The number of hydrogen-bond acceptors (Lipinski definition) is 3. The fourth-order valence-electron chi connectivity index (χ4n) is 2.09. The molecule has 0 fully saturated rings. The summed E-state index contributed by atoms with van der Waals surface area (Å²) in [5.41, 5.74) is -0.818. The minimum atomic E-state index is -0.818. The van der Waals surface area contributed by atoms with Crippen LogP contribution in [0.2, 0.25) is 0 Å². The molecule has 1 unspecified atom stereocenters. The van der Waals surface area contributed by atoms with E-state index in [0.29, 0.717) is 6.42 Å². The van der Waals surface area contributed by atoms with Crippen molar-refractivity contribution in [3.63, 3.8) is 0 Å². The van der Waals surface area contributed by atoms with E-state index in [4.69, 9.17) is 5.11 Å². The van der Waals surface area contributed by atoms with E-state index in [1.165, 1.54) is 0 Å². The Labute approximate surface area is 115 Å². The molecule has 1 aromatic rings. The lowest BCUT2D eigenvalue weighted by Crippen LogP contribution is -2.47. The maximum atomic E-state index is 11.1. The van der Waals surface area contributed by atoms with Gasteiger partial charge in [0.05, 0.1) is 0 Å². The molecule has 5 nitrogen and oxygen atoms in total. The van der Waals surface area contributed by atoms with E-state index in [0.717, 1.165) is 38.1 Å². The molecule has 0 aliphatic heterocycles. The Hall–Kier alpha value is -1.36. The van der Waals surface area contributed by atoms with Crippen LogP contribution in [0.15, 0.2) is 12.4 Å². The highest BCUT2D eigenvalue weighted by Gasteiger charge is 2.29. The Balaban J connectivity index is 2.38. The van der Waals surface area contributed by atoms with Crippen molar-refractivity contribution < 1.29 is 9.90 Å². The summed E-state index contributed by atoms with van der Waals surface area (Å²) < 4.78 is 2.17. The molecule has 108 valence electrons. The van der Waals surface area contributed by atoms with Crippen LogP contribution < -0.4 is 5.32 Å². The number of rotatable bonds is 9. The van der Waals surface area contributed by atoms with Crippen LogP contribution in [0.3, 0.4) is 0 Å². The lowest BCUT2D eigenvalue weighted by molar-refractivity contribution is -0.144. The number of aliphatic carboxylic acids is 1. The first-order chi connectivity index (χ1) is 9.03. The van der Waals surface area contributed by atoms with E-state index in [1.54, 1.807) is 14.0 Å². The Bertz CT molecular complexity index is 403. The van der Waals surface area contributed by atoms with Crippen molar-refractivity contribution in [2.45, 2.75) is 58.0 Å². The zero-order chi connectivity index (χ0) is 14.3. The summed E-state index contributed by atoms with van der Waals surface area (Å²) in [6, 6.07) is 0. The van der Waals surface area contributed by atoms with Crippen molar-refractivity contribution in [3.8, 4) is 0 Å². The summed E-state index contributed by atoms with van der Waals surface area (Å²) in [6.45, 7) is 4.79. The molecule has 1 heterocycles. The number of aromatic nitrogens is 2. The number of likely N-dealkylation sites (N-methyl/N-ethyl adjacent to an activating group) is 1. The molecular formula is C14H25N3O2. The molecule has 1 rings (SSSR count). The highest BCUT2D eigenvalue weighted by Crippen LogP contribution is 2.14. The topological polar surface area (TPSA) is 67.2 Å². The van der Waals surface area contributed by atoms with E-state index < -0.39 is 11.5 Å². The summed E-state index contributed by atoms with van der Waals surface area (Å²) in [6.07, 6.45) is 8.41. The number of aryl methyl sites for hydroxylation is 2. The fraction of sp³-hybridized carbons (Fsp3) is 0.714. The summed E-state index contributed by atoms with van der Waals surface area (Å²) in [5.74, 6) is 0.335. The van der Waals surface area contributed by atoms with Gasteiger partial charge in [-0.3, -0.25) is 4.79 Å². The normalized spacial score (nSPS) is 14.3. The zero-order valence-electron chi connectivity index (χ0n) is 12.1. The van der Waals surface area contributed by atoms with Crippen LogP contribution in [0, 0.1) is 0 Å². The van der Waals surface area contributed by atoms with E-state index in [-0.39, 0.29) is 0 Å². The second kappa shape index (κ2) is 7.28. The predicted molar refractivity (Wildman–Crippen MR) is 75.2 cm³/mol. The minimum Gasteiger partial charge on any atom is -0.480 e. The van der Waals surface area contributed by atoms with Gasteiger partial charge in [0, 0.05) is 25.4 Å². The second-order valence-corrected chi connectivity index (χ2v) is 5.13. The zero-order valence-corrected chi connectivity index (χ0v) is 12.1. The van der Waals surface area contributed by atoms with Gasteiger partial charge in [-0.05, 0) is 39.7 Å². The molecule has 1 aromatic heterocycles. The van der Waals surface area contributed by atoms with Crippen LogP contribution >= 0.6 is 0 Å². The second-order valence-electron chi connectivity index (χ2n) is 5.13. The van der Waals surface area contributed by atoms with Crippen molar-refractivity contribution in [2.75, 3.05) is 7.05 Å². The van der Waals surface area contributed by atoms with Gasteiger partial charge in [-0.15, -0.1) is 0 Å². The number of nitrogens with zero attached hydrogens (tertiary/aromatic N) is 2. The summed E-state index contributed by atoms with van der Waals surface area (Å²) >= 11 is 0. The Kier molecular flexibility index (Phi) is 6.02. The Morgan fingerprint density at radius 1 is 1.53 bits per heavy atom. The summed E-state index contributed by atoms with van der Waals surface area (Å²) in [4.78, 5) is 15.5. The van der Waals surface area contributed by atoms with Gasteiger partial charge in [0.1, 0.15) is 11.4 Å². The molecule has 0 saturated carbocycles. The summed E-state index contributed by atoms with van der Waals surface area (Å²) in [7, 11) is 1.70. The molecule has 0 aliphatic rings. The monoisotopic (exact) mass is 267 g/mol. The van der Waals surface area contributed by atoms with Crippen LogP contribution in [0.1, 0.15) is 45.4 Å². The Morgan fingerprint density at radius 3 is 2.84 bits per heavy atom. The molecule has 0 radical (unpaired) electrons. The molecule has 1 atom stereocenters. The third-order valence-electron chi connectivity index (χ3n) is 3.62. The maximum absolute atomic E-state index is 11.1. The molecule has 0 saturated heterocycles. The van der Waals surface area contributed by atoms with Crippen LogP contribution in [0.5, 0.6) is 0 Å². The number of imidazole rings is 1. The number of unbranched alkanes of at least 4 members (excludes halogenated alkanes) is 1. The highest BCUT2D eigenvalue weighted by molar-refractivity contribution is 5.78. The number of hydrogen-bond donors (Lipinski definition) is 2. The van der Waals surface area contributed by atoms with Crippen molar-refractivity contribution in [3.05, 3.63) is 18.2 Å². The lowest BCUT2D eigenvalue weighted by Gasteiger charge is -2.24. The molecule has 2 N–H and O–H groups in total. The smallest absolute Gasteiger partial charge is 0.323 e. The van der Waals surface area contributed by atoms with Gasteiger partial charge >= 0.3 is 5.97 Å². The van der Waals surface area contributed by atoms with E-state index in [9.17, 15) is 4.79 Å². The van der Waals surface area contributed by atoms with Gasteiger partial charge in [0.15, 0.2) is 0 Å². The third-order valence-corrected chi connectivity index (χ3v) is 3.62. The maximum Gasteiger partial charge on any atom is 0.323 e. The van der Waals surface area contributed by atoms with Crippen molar-refractivity contribution >= 4 is 5.97 Å².